The fraction of sp³-hybridized carbons (Fsp3) is 0.778. The van der Waals surface area contributed by atoms with Crippen molar-refractivity contribution in [3.05, 3.63) is 0 Å². The summed E-state index contributed by atoms with van der Waals surface area (Å²) in [5.41, 5.74) is 5.62. The molecular formula is C9H18N2O3S. The average molecular weight is 234 g/mol. The number of rotatable bonds is 5. The van der Waals surface area contributed by atoms with Crippen LogP contribution in [0.2, 0.25) is 0 Å². The molecule has 0 radical (unpaired) electrons. The molecule has 0 aliphatic heterocycles. The SMILES string of the molecule is CC(CNC(=O)[C@H](N)C(C)(C)S)C(=O)O. The van der Waals surface area contributed by atoms with Crippen molar-refractivity contribution in [1.82, 2.24) is 5.32 Å². The standard InChI is InChI=1S/C9H18N2O3S/c1-5(8(13)14)4-11-7(12)6(10)9(2,3)15/h5-6,15H,4,10H2,1-3H3,(H,11,12)(H,13,14)/t5?,6-/m0/s1. The summed E-state index contributed by atoms with van der Waals surface area (Å²) in [5, 5.41) is 11.1. The number of aliphatic carboxylic acids is 1. The van der Waals surface area contributed by atoms with Crippen LogP contribution >= 0.6 is 12.6 Å². The highest BCUT2D eigenvalue weighted by Gasteiger charge is 2.28. The topological polar surface area (TPSA) is 92.4 Å². The lowest BCUT2D eigenvalue weighted by molar-refractivity contribution is -0.141. The summed E-state index contributed by atoms with van der Waals surface area (Å²) in [7, 11) is 0. The maximum atomic E-state index is 11.4. The molecule has 0 aliphatic carbocycles. The predicted molar refractivity (Wildman–Crippen MR) is 60.8 cm³/mol. The monoisotopic (exact) mass is 234 g/mol. The predicted octanol–water partition coefficient (Wildman–Crippen LogP) is -0.141. The van der Waals surface area contributed by atoms with Gasteiger partial charge in [0, 0.05) is 11.3 Å². The number of carbonyl (C=O) groups is 2. The molecule has 0 rings (SSSR count). The lowest BCUT2D eigenvalue weighted by Crippen LogP contribution is -2.51. The van der Waals surface area contributed by atoms with Gasteiger partial charge < -0.3 is 16.2 Å². The van der Waals surface area contributed by atoms with Crippen molar-refractivity contribution in [2.24, 2.45) is 11.7 Å². The van der Waals surface area contributed by atoms with E-state index in [2.05, 4.69) is 17.9 Å². The van der Waals surface area contributed by atoms with Gasteiger partial charge in [0.05, 0.1) is 12.0 Å². The highest BCUT2D eigenvalue weighted by Crippen LogP contribution is 2.15. The third-order valence-electron chi connectivity index (χ3n) is 2.05. The summed E-state index contributed by atoms with van der Waals surface area (Å²) in [6.45, 7) is 5.04. The zero-order chi connectivity index (χ0) is 12.2. The smallest absolute Gasteiger partial charge is 0.308 e. The number of nitrogens with two attached hydrogens (primary N) is 1. The molecule has 0 aromatic heterocycles. The zero-order valence-electron chi connectivity index (χ0n) is 9.15. The van der Waals surface area contributed by atoms with Gasteiger partial charge in [-0.25, -0.2) is 0 Å². The highest BCUT2D eigenvalue weighted by molar-refractivity contribution is 7.81. The molecule has 6 heteroatoms. The van der Waals surface area contributed by atoms with Crippen molar-refractivity contribution in [2.45, 2.75) is 31.6 Å². The largest absolute Gasteiger partial charge is 0.481 e. The minimum absolute atomic E-state index is 0.0751. The van der Waals surface area contributed by atoms with Gasteiger partial charge in [-0.3, -0.25) is 9.59 Å². The first-order chi connectivity index (χ1) is 6.66. The first kappa shape index (κ1) is 14.2. The zero-order valence-corrected chi connectivity index (χ0v) is 10.0. The number of carbonyl (C=O) groups excluding carboxylic acids is 1. The minimum Gasteiger partial charge on any atom is -0.481 e. The molecule has 4 N–H and O–H groups in total. The van der Waals surface area contributed by atoms with Gasteiger partial charge in [0.15, 0.2) is 0 Å². The maximum Gasteiger partial charge on any atom is 0.308 e. The van der Waals surface area contributed by atoms with Gasteiger partial charge in [-0.15, -0.1) is 0 Å². The number of hydrogen-bond donors (Lipinski definition) is 4. The minimum atomic E-state index is -0.950. The molecule has 0 aliphatic rings. The highest BCUT2D eigenvalue weighted by atomic mass is 32.1. The van der Waals surface area contributed by atoms with Crippen LogP contribution < -0.4 is 11.1 Å². The van der Waals surface area contributed by atoms with Crippen LogP contribution in [0.1, 0.15) is 20.8 Å². The number of nitrogens with one attached hydrogen (secondary N) is 1. The maximum absolute atomic E-state index is 11.4. The molecule has 0 aromatic rings. The van der Waals surface area contributed by atoms with Gasteiger partial charge in [-0.2, -0.15) is 12.6 Å². The van der Waals surface area contributed by atoms with E-state index in [1.807, 2.05) is 0 Å². The van der Waals surface area contributed by atoms with Gasteiger partial charge in [0.2, 0.25) is 5.91 Å². The van der Waals surface area contributed by atoms with Crippen molar-refractivity contribution in [2.75, 3.05) is 6.54 Å². The second-order valence-corrected chi connectivity index (χ2v) is 5.27. The molecule has 0 bridgehead atoms. The van der Waals surface area contributed by atoms with Crippen LogP contribution in [0.25, 0.3) is 0 Å². The van der Waals surface area contributed by atoms with Crippen LogP contribution in [0.15, 0.2) is 0 Å². The molecule has 2 atom stereocenters. The molecule has 0 fully saturated rings. The Labute approximate surface area is 94.8 Å². The molecule has 0 saturated heterocycles. The Morgan fingerprint density at radius 3 is 2.33 bits per heavy atom. The van der Waals surface area contributed by atoms with Gasteiger partial charge in [-0.1, -0.05) is 6.92 Å². The van der Waals surface area contributed by atoms with Crippen LogP contribution in [0.3, 0.4) is 0 Å². The first-order valence-electron chi connectivity index (χ1n) is 4.64. The lowest BCUT2D eigenvalue weighted by Gasteiger charge is -2.25. The van der Waals surface area contributed by atoms with Gasteiger partial charge in [-0.05, 0) is 13.8 Å². The number of amides is 1. The summed E-state index contributed by atoms with van der Waals surface area (Å²) in [6.07, 6.45) is 0. The second kappa shape index (κ2) is 5.37. The summed E-state index contributed by atoms with van der Waals surface area (Å²) in [6, 6.07) is -0.762. The normalized spacial score (nSPS) is 15.5. The van der Waals surface area contributed by atoms with Crippen molar-refractivity contribution >= 4 is 24.5 Å². The van der Waals surface area contributed by atoms with Crippen LogP contribution in [0.5, 0.6) is 0 Å². The molecule has 1 amide bonds. The van der Waals surface area contributed by atoms with Crippen molar-refractivity contribution in [3.8, 4) is 0 Å². The molecular weight excluding hydrogens is 216 g/mol. The van der Waals surface area contributed by atoms with Gasteiger partial charge in [0.25, 0.3) is 0 Å². The van der Waals surface area contributed by atoms with Crippen molar-refractivity contribution in [3.63, 3.8) is 0 Å². The molecule has 0 heterocycles. The average Bonchev–Trinajstić information content (AvgIpc) is 2.10. The lowest BCUT2D eigenvalue weighted by atomic mass is 10.0. The Balaban J connectivity index is 4.11. The molecule has 1 unspecified atom stereocenters. The summed E-state index contributed by atoms with van der Waals surface area (Å²) < 4.78 is -0.628. The Morgan fingerprint density at radius 2 is 2.00 bits per heavy atom. The Hall–Kier alpha value is -0.750. The van der Waals surface area contributed by atoms with E-state index in [0.29, 0.717) is 0 Å². The number of carboxylic acids is 1. The fourth-order valence-corrected chi connectivity index (χ4v) is 0.889. The van der Waals surface area contributed by atoms with Crippen LogP contribution in [-0.4, -0.2) is 34.3 Å². The number of carboxylic acid groups (broad SMARTS) is 1. The third-order valence-corrected chi connectivity index (χ3v) is 2.33. The van der Waals surface area contributed by atoms with Crippen LogP contribution in [0.4, 0.5) is 0 Å². The Bertz CT molecular complexity index is 250. The molecule has 5 nitrogen and oxygen atoms in total. The van der Waals surface area contributed by atoms with E-state index in [4.69, 9.17) is 10.8 Å². The van der Waals surface area contributed by atoms with E-state index < -0.39 is 22.7 Å². The van der Waals surface area contributed by atoms with Crippen molar-refractivity contribution in [1.29, 1.82) is 0 Å². The van der Waals surface area contributed by atoms with E-state index >= 15 is 0 Å². The Morgan fingerprint density at radius 1 is 1.53 bits per heavy atom. The molecule has 0 saturated carbocycles. The quantitative estimate of drug-likeness (QED) is 0.498. The van der Waals surface area contributed by atoms with E-state index in [-0.39, 0.29) is 12.5 Å². The van der Waals surface area contributed by atoms with E-state index in [0.717, 1.165) is 0 Å². The summed E-state index contributed by atoms with van der Waals surface area (Å²) >= 11 is 4.17. The fourth-order valence-electron chi connectivity index (χ4n) is 0.772. The molecule has 88 valence electrons. The first-order valence-corrected chi connectivity index (χ1v) is 5.09. The van der Waals surface area contributed by atoms with Crippen molar-refractivity contribution < 1.29 is 14.7 Å². The molecule has 15 heavy (non-hydrogen) atoms. The van der Waals surface area contributed by atoms with Crippen LogP contribution in [0, 0.1) is 5.92 Å². The van der Waals surface area contributed by atoms with Gasteiger partial charge in [0.1, 0.15) is 0 Å². The number of hydrogen-bond acceptors (Lipinski definition) is 4. The summed E-state index contributed by atoms with van der Waals surface area (Å²) in [5.74, 6) is -1.96. The van der Waals surface area contributed by atoms with E-state index in [1.165, 1.54) is 6.92 Å². The molecule has 0 spiro atoms. The Kier molecular flexibility index (Phi) is 5.10. The van der Waals surface area contributed by atoms with E-state index in [9.17, 15) is 9.59 Å². The number of thiol groups is 1. The van der Waals surface area contributed by atoms with Gasteiger partial charge >= 0.3 is 5.97 Å². The third kappa shape index (κ3) is 5.03. The second-order valence-electron chi connectivity index (χ2n) is 4.12. The molecule has 0 aromatic carbocycles. The van der Waals surface area contributed by atoms with E-state index in [1.54, 1.807) is 13.8 Å². The summed E-state index contributed by atoms with van der Waals surface area (Å²) in [4.78, 5) is 21.9. The van der Waals surface area contributed by atoms with Crippen LogP contribution in [-0.2, 0) is 9.59 Å².